The standard InChI is InChI=1S/C20H19FN4O/c21-15-6-7-17-18(12-15)24-19(13-22-17)23-16-8-10-25(11-9-16)20(26)14-4-2-1-3-5-14/h1-7,12-13,16H,8-11H2,(H,23,24). The van der Waals surface area contributed by atoms with E-state index in [9.17, 15) is 9.18 Å². The number of hydrogen-bond donors (Lipinski definition) is 1. The number of fused-ring (bicyclic) bond motifs is 1. The molecule has 0 atom stereocenters. The fourth-order valence-electron chi connectivity index (χ4n) is 3.25. The summed E-state index contributed by atoms with van der Waals surface area (Å²) in [6.07, 6.45) is 3.34. The van der Waals surface area contributed by atoms with E-state index < -0.39 is 0 Å². The Bertz CT molecular complexity index is 924. The van der Waals surface area contributed by atoms with E-state index >= 15 is 0 Å². The third-order valence-corrected chi connectivity index (χ3v) is 4.66. The molecule has 5 nitrogen and oxygen atoms in total. The van der Waals surface area contributed by atoms with Crippen LogP contribution in [0.1, 0.15) is 23.2 Å². The van der Waals surface area contributed by atoms with Crippen molar-refractivity contribution < 1.29 is 9.18 Å². The second-order valence-corrected chi connectivity index (χ2v) is 6.47. The molecule has 0 saturated carbocycles. The summed E-state index contributed by atoms with van der Waals surface area (Å²) in [7, 11) is 0. The fraction of sp³-hybridized carbons (Fsp3) is 0.250. The van der Waals surface area contributed by atoms with Crippen molar-refractivity contribution in [2.45, 2.75) is 18.9 Å². The summed E-state index contributed by atoms with van der Waals surface area (Å²) in [5, 5.41) is 3.36. The smallest absolute Gasteiger partial charge is 0.253 e. The van der Waals surface area contributed by atoms with E-state index in [-0.39, 0.29) is 17.8 Å². The Kier molecular flexibility index (Phi) is 4.48. The highest BCUT2D eigenvalue weighted by atomic mass is 19.1. The first-order valence-electron chi connectivity index (χ1n) is 8.72. The largest absolute Gasteiger partial charge is 0.366 e. The zero-order valence-electron chi connectivity index (χ0n) is 14.2. The summed E-state index contributed by atoms with van der Waals surface area (Å²) < 4.78 is 13.4. The number of carbonyl (C=O) groups excluding carboxylic acids is 1. The van der Waals surface area contributed by atoms with Crippen molar-refractivity contribution in [1.82, 2.24) is 14.9 Å². The second-order valence-electron chi connectivity index (χ2n) is 6.47. The Morgan fingerprint density at radius 2 is 1.85 bits per heavy atom. The monoisotopic (exact) mass is 350 g/mol. The Balaban J connectivity index is 1.39. The molecule has 1 aromatic heterocycles. The van der Waals surface area contributed by atoms with E-state index in [2.05, 4.69) is 15.3 Å². The summed E-state index contributed by atoms with van der Waals surface area (Å²) in [5.41, 5.74) is 1.92. The van der Waals surface area contributed by atoms with Gasteiger partial charge in [-0.15, -0.1) is 0 Å². The fourth-order valence-corrected chi connectivity index (χ4v) is 3.25. The summed E-state index contributed by atoms with van der Waals surface area (Å²) in [4.78, 5) is 23.1. The van der Waals surface area contributed by atoms with Crippen LogP contribution in [0.2, 0.25) is 0 Å². The molecule has 0 bridgehead atoms. The average Bonchev–Trinajstić information content (AvgIpc) is 2.68. The quantitative estimate of drug-likeness (QED) is 0.786. The Labute approximate surface area is 150 Å². The molecule has 26 heavy (non-hydrogen) atoms. The predicted octanol–water partition coefficient (Wildman–Crippen LogP) is 3.49. The number of amides is 1. The van der Waals surface area contributed by atoms with Gasteiger partial charge < -0.3 is 10.2 Å². The van der Waals surface area contributed by atoms with Crippen molar-refractivity contribution in [3.05, 3.63) is 66.1 Å². The van der Waals surface area contributed by atoms with Crippen molar-refractivity contribution in [3.63, 3.8) is 0 Å². The molecule has 3 aromatic rings. The van der Waals surface area contributed by atoms with Crippen LogP contribution in [-0.4, -0.2) is 39.9 Å². The van der Waals surface area contributed by atoms with Crippen LogP contribution in [0.4, 0.5) is 10.2 Å². The summed E-state index contributed by atoms with van der Waals surface area (Å²) >= 11 is 0. The molecular formula is C20H19FN4O. The van der Waals surface area contributed by atoms with Gasteiger partial charge >= 0.3 is 0 Å². The van der Waals surface area contributed by atoms with Crippen molar-refractivity contribution in [3.8, 4) is 0 Å². The topological polar surface area (TPSA) is 58.1 Å². The van der Waals surface area contributed by atoms with Crippen LogP contribution >= 0.6 is 0 Å². The number of benzene rings is 2. The molecule has 132 valence electrons. The van der Waals surface area contributed by atoms with Gasteiger partial charge in [0.05, 0.1) is 17.2 Å². The Morgan fingerprint density at radius 1 is 1.08 bits per heavy atom. The molecule has 0 aliphatic carbocycles. The van der Waals surface area contributed by atoms with Gasteiger partial charge in [0.2, 0.25) is 0 Å². The molecule has 6 heteroatoms. The molecule has 1 amide bonds. The molecular weight excluding hydrogens is 331 g/mol. The zero-order valence-corrected chi connectivity index (χ0v) is 14.2. The van der Waals surface area contributed by atoms with E-state index in [0.29, 0.717) is 29.9 Å². The van der Waals surface area contributed by atoms with E-state index in [1.54, 1.807) is 12.3 Å². The SMILES string of the molecule is O=C(c1ccccc1)N1CCC(Nc2cnc3ccc(F)cc3n2)CC1. The van der Waals surface area contributed by atoms with Gasteiger partial charge in [0.25, 0.3) is 5.91 Å². The average molecular weight is 350 g/mol. The Hall–Kier alpha value is -3.02. The number of nitrogens with zero attached hydrogens (tertiary/aromatic N) is 3. The molecule has 1 fully saturated rings. The van der Waals surface area contributed by atoms with Crippen molar-refractivity contribution in [2.75, 3.05) is 18.4 Å². The van der Waals surface area contributed by atoms with Gasteiger partial charge in [-0.25, -0.2) is 9.37 Å². The number of aromatic nitrogens is 2. The number of likely N-dealkylation sites (tertiary alicyclic amines) is 1. The number of carbonyl (C=O) groups is 1. The predicted molar refractivity (Wildman–Crippen MR) is 98.5 cm³/mol. The molecule has 0 radical (unpaired) electrons. The molecule has 0 unspecified atom stereocenters. The van der Waals surface area contributed by atoms with E-state index in [1.807, 2.05) is 35.2 Å². The number of piperidine rings is 1. The molecule has 2 heterocycles. The van der Waals surface area contributed by atoms with Crippen LogP contribution < -0.4 is 5.32 Å². The van der Waals surface area contributed by atoms with Crippen LogP contribution in [0.5, 0.6) is 0 Å². The molecule has 1 aliphatic heterocycles. The maximum atomic E-state index is 13.4. The highest BCUT2D eigenvalue weighted by Gasteiger charge is 2.23. The molecule has 1 N–H and O–H groups in total. The zero-order chi connectivity index (χ0) is 17.9. The lowest BCUT2D eigenvalue weighted by Crippen LogP contribution is -2.42. The molecule has 1 saturated heterocycles. The van der Waals surface area contributed by atoms with Crippen molar-refractivity contribution >= 4 is 22.8 Å². The minimum atomic E-state index is -0.323. The number of rotatable bonds is 3. The van der Waals surface area contributed by atoms with Gasteiger partial charge in [-0.05, 0) is 37.1 Å². The third kappa shape index (κ3) is 3.49. The first-order chi connectivity index (χ1) is 12.7. The van der Waals surface area contributed by atoms with E-state index in [4.69, 9.17) is 0 Å². The van der Waals surface area contributed by atoms with Crippen LogP contribution in [0.15, 0.2) is 54.7 Å². The second kappa shape index (κ2) is 7.07. The van der Waals surface area contributed by atoms with Crippen molar-refractivity contribution in [1.29, 1.82) is 0 Å². The highest BCUT2D eigenvalue weighted by Crippen LogP contribution is 2.19. The normalized spacial score (nSPS) is 15.2. The highest BCUT2D eigenvalue weighted by molar-refractivity contribution is 5.94. The van der Waals surface area contributed by atoms with Crippen LogP contribution in [0.25, 0.3) is 11.0 Å². The Morgan fingerprint density at radius 3 is 2.62 bits per heavy atom. The maximum Gasteiger partial charge on any atom is 0.253 e. The van der Waals surface area contributed by atoms with Gasteiger partial charge in [-0.2, -0.15) is 0 Å². The van der Waals surface area contributed by atoms with Gasteiger partial charge in [-0.1, -0.05) is 18.2 Å². The van der Waals surface area contributed by atoms with E-state index in [0.717, 1.165) is 18.4 Å². The molecule has 2 aromatic carbocycles. The summed E-state index contributed by atoms with van der Waals surface area (Å²) in [6.45, 7) is 1.39. The molecule has 1 aliphatic rings. The van der Waals surface area contributed by atoms with Crippen molar-refractivity contribution in [2.24, 2.45) is 0 Å². The van der Waals surface area contributed by atoms with Crippen LogP contribution in [-0.2, 0) is 0 Å². The van der Waals surface area contributed by atoms with Gasteiger partial charge in [-0.3, -0.25) is 9.78 Å². The first kappa shape index (κ1) is 16.4. The number of halogens is 1. The minimum absolute atomic E-state index is 0.0741. The third-order valence-electron chi connectivity index (χ3n) is 4.66. The van der Waals surface area contributed by atoms with Crippen LogP contribution in [0.3, 0.4) is 0 Å². The van der Waals surface area contributed by atoms with Gasteiger partial charge in [0, 0.05) is 30.8 Å². The number of anilines is 1. The van der Waals surface area contributed by atoms with Crippen LogP contribution in [0, 0.1) is 5.82 Å². The summed E-state index contributed by atoms with van der Waals surface area (Å²) in [5.74, 6) is 0.387. The lowest BCUT2D eigenvalue weighted by Gasteiger charge is -2.32. The minimum Gasteiger partial charge on any atom is -0.366 e. The first-order valence-corrected chi connectivity index (χ1v) is 8.72. The maximum absolute atomic E-state index is 13.4. The number of nitrogens with one attached hydrogen (secondary N) is 1. The lowest BCUT2D eigenvalue weighted by molar-refractivity contribution is 0.0718. The number of hydrogen-bond acceptors (Lipinski definition) is 4. The molecule has 4 rings (SSSR count). The van der Waals surface area contributed by atoms with Gasteiger partial charge in [0.1, 0.15) is 11.6 Å². The van der Waals surface area contributed by atoms with E-state index in [1.165, 1.54) is 12.1 Å². The molecule has 0 spiro atoms. The lowest BCUT2D eigenvalue weighted by atomic mass is 10.0. The summed E-state index contributed by atoms with van der Waals surface area (Å²) in [6, 6.07) is 13.9. The van der Waals surface area contributed by atoms with Gasteiger partial charge in [0.15, 0.2) is 0 Å².